The highest BCUT2D eigenvalue weighted by molar-refractivity contribution is 8.76. The van der Waals surface area contributed by atoms with Gasteiger partial charge in [-0.1, -0.05) is 24.6 Å². The third-order valence-electron chi connectivity index (χ3n) is 1.65. The van der Waals surface area contributed by atoms with Gasteiger partial charge in [0.2, 0.25) is 0 Å². The monoisotopic (exact) mass is 280 g/mol. The van der Waals surface area contributed by atoms with Crippen molar-refractivity contribution in [2.24, 2.45) is 5.92 Å². The van der Waals surface area contributed by atoms with E-state index in [1.54, 1.807) is 20.8 Å². The van der Waals surface area contributed by atoms with Gasteiger partial charge in [0.1, 0.15) is 0 Å². The molecule has 17 heavy (non-hydrogen) atoms. The number of hydrogen-bond acceptors (Lipinski definition) is 6. The molecular formula is C11H20O4S2. The molecule has 1 atom stereocenters. The Bertz CT molecular complexity index is 244. The Morgan fingerprint density at radius 2 is 1.88 bits per heavy atom. The molecule has 0 aromatic heterocycles. The summed E-state index contributed by atoms with van der Waals surface area (Å²) < 4.78 is 9.95. The van der Waals surface area contributed by atoms with Crippen LogP contribution in [0, 0.1) is 5.92 Å². The Kier molecular flexibility index (Phi) is 9.44. The summed E-state index contributed by atoms with van der Waals surface area (Å²) in [7, 11) is 2.96. The minimum absolute atomic E-state index is 0.109. The molecule has 0 rings (SSSR count). The lowest BCUT2D eigenvalue weighted by Crippen LogP contribution is -2.16. The van der Waals surface area contributed by atoms with Crippen LogP contribution in [0.3, 0.4) is 0 Å². The largest absolute Gasteiger partial charge is 0.466 e. The molecule has 0 aliphatic heterocycles. The first-order valence-electron chi connectivity index (χ1n) is 5.61. The summed E-state index contributed by atoms with van der Waals surface area (Å²) in [4.78, 5) is 22.3. The van der Waals surface area contributed by atoms with Gasteiger partial charge < -0.3 is 9.47 Å². The third kappa shape index (κ3) is 9.35. The van der Waals surface area contributed by atoms with E-state index in [9.17, 15) is 9.59 Å². The second kappa shape index (κ2) is 9.65. The van der Waals surface area contributed by atoms with Crippen molar-refractivity contribution >= 4 is 33.5 Å². The van der Waals surface area contributed by atoms with Crippen molar-refractivity contribution in [1.29, 1.82) is 0 Å². The van der Waals surface area contributed by atoms with Crippen LogP contribution >= 0.6 is 21.6 Å². The maximum Gasteiger partial charge on any atom is 0.309 e. The van der Waals surface area contributed by atoms with Gasteiger partial charge in [-0.05, 0) is 24.6 Å². The van der Waals surface area contributed by atoms with Crippen LogP contribution in [0.4, 0.5) is 0 Å². The normalized spacial score (nSPS) is 12.3. The Morgan fingerprint density at radius 3 is 2.41 bits per heavy atom. The fraction of sp³-hybridized carbons (Fsp3) is 0.818. The van der Waals surface area contributed by atoms with Crippen LogP contribution in [0.5, 0.6) is 0 Å². The molecule has 0 aliphatic carbocycles. The van der Waals surface area contributed by atoms with Gasteiger partial charge in [-0.3, -0.25) is 9.59 Å². The minimum atomic E-state index is -0.198. The number of ether oxygens (including phenoxy) is 2. The Balaban J connectivity index is 3.54. The molecule has 0 bridgehead atoms. The maximum atomic E-state index is 11.3. The third-order valence-corrected chi connectivity index (χ3v) is 4.25. The van der Waals surface area contributed by atoms with Crippen molar-refractivity contribution in [3.8, 4) is 0 Å². The number of esters is 2. The lowest BCUT2D eigenvalue weighted by Gasteiger charge is -2.13. The fourth-order valence-electron chi connectivity index (χ4n) is 0.821. The van der Waals surface area contributed by atoms with Gasteiger partial charge in [0.15, 0.2) is 5.44 Å². The molecule has 0 radical (unpaired) electrons. The predicted octanol–water partition coefficient (Wildman–Crippen LogP) is 2.87. The molecule has 0 fully saturated rings. The van der Waals surface area contributed by atoms with E-state index < -0.39 is 0 Å². The molecule has 0 aromatic carbocycles. The zero-order valence-electron chi connectivity index (χ0n) is 10.7. The van der Waals surface area contributed by atoms with Gasteiger partial charge >= 0.3 is 11.9 Å². The quantitative estimate of drug-likeness (QED) is 0.295. The van der Waals surface area contributed by atoms with E-state index in [1.807, 2.05) is 6.92 Å². The average Bonchev–Trinajstić information content (AvgIpc) is 2.24. The standard InChI is InChI=1S/C11H20O4S2/c1-5-14-10(12)6-7-16-17-9(4)15-11(13)8(2)3/h8-9H,5-7H2,1-4H3. The summed E-state index contributed by atoms with van der Waals surface area (Å²) >= 11 is 0. The molecule has 0 aliphatic rings. The van der Waals surface area contributed by atoms with Crippen LogP contribution < -0.4 is 0 Å². The highest BCUT2D eigenvalue weighted by atomic mass is 33.1. The summed E-state index contributed by atoms with van der Waals surface area (Å²) in [6.07, 6.45) is 0.385. The lowest BCUT2D eigenvalue weighted by atomic mass is 10.2. The molecule has 0 saturated carbocycles. The van der Waals surface area contributed by atoms with Gasteiger partial charge in [0, 0.05) is 5.75 Å². The highest BCUT2D eigenvalue weighted by Crippen LogP contribution is 2.28. The van der Waals surface area contributed by atoms with Crippen molar-refractivity contribution in [3.05, 3.63) is 0 Å². The zero-order chi connectivity index (χ0) is 13.3. The Labute approximate surface area is 111 Å². The predicted molar refractivity (Wildman–Crippen MR) is 71.7 cm³/mol. The summed E-state index contributed by atoms with van der Waals surface area (Å²) in [5.41, 5.74) is -0.197. The molecule has 4 nitrogen and oxygen atoms in total. The summed E-state index contributed by atoms with van der Waals surface area (Å²) in [6.45, 7) is 7.62. The molecule has 0 aromatic rings. The van der Waals surface area contributed by atoms with Gasteiger partial charge in [-0.25, -0.2) is 0 Å². The maximum absolute atomic E-state index is 11.3. The van der Waals surface area contributed by atoms with Crippen molar-refractivity contribution in [2.45, 2.75) is 39.6 Å². The van der Waals surface area contributed by atoms with Gasteiger partial charge in [0.25, 0.3) is 0 Å². The van der Waals surface area contributed by atoms with Gasteiger partial charge in [-0.2, -0.15) is 0 Å². The molecular weight excluding hydrogens is 260 g/mol. The zero-order valence-corrected chi connectivity index (χ0v) is 12.4. The van der Waals surface area contributed by atoms with Crippen molar-refractivity contribution in [3.63, 3.8) is 0 Å². The SMILES string of the molecule is CCOC(=O)CCSSC(C)OC(=O)C(C)C. The van der Waals surface area contributed by atoms with Crippen LogP contribution in [0.2, 0.25) is 0 Å². The van der Waals surface area contributed by atoms with E-state index >= 15 is 0 Å². The lowest BCUT2D eigenvalue weighted by molar-refractivity contribution is -0.148. The van der Waals surface area contributed by atoms with E-state index in [0.717, 1.165) is 0 Å². The number of carbonyl (C=O) groups is 2. The van der Waals surface area contributed by atoms with E-state index in [2.05, 4.69) is 0 Å². The molecule has 0 N–H and O–H groups in total. The molecule has 100 valence electrons. The molecule has 0 amide bonds. The van der Waals surface area contributed by atoms with E-state index in [-0.39, 0.29) is 23.3 Å². The Morgan fingerprint density at radius 1 is 1.24 bits per heavy atom. The van der Waals surface area contributed by atoms with Crippen LogP contribution in [-0.2, 0) is 19.1 Å². The van der Waals surface area contributed by atoms with Crippen LogP contribution in [0.15, 0.2) is 0 Å². The Hall–Kier alpha value is -0.360. The van der Waals surface area contributed by atoms with Crippen LogP contribution in [0.25, 0.3) is 0 Å². The first-order valence-corrected chi connectivity index (χ1v) is 8.00. The summed E-state index contributed by atoms with van der Waals surface area (Å²) in [5, 5.41) is 0. The molecule has 1 unspecified atom stereocenters. The minimum Gasteiger partial charge on any atom is -0.466 e. The average molecular weight is 280 g/mol. The van der Waals surface area contributed by atoms with Crippen molar-refractivity contribution < 1.29 is 19.1 Å². The second-order valence-electron chi connectivity index (χ2n) is 3.63. The van der Waals surface area contributed by atoms with Crippen LogP contribution in [-0.4, -0.2) is 29.7 Å². The van der Waals surface area contributed by atoms with E-state index in [0.29, 0.717) is 18.8 Å². The second-order valence-corrected chi connectivity index (χ2v) is 6.42. The first-order chi connectivity index (χ1) is 7.97. The summed E-state index contributed by atoms with van der Waals surface area (Å²) in [6, 6.07) is 0. The van der Waals surface area contributed by atoms with E-state index in [1.165, 1.54) is 21.6 Å². The molecule has 0 spiro atoms. The van der Waals surface area contributed by atoms with Gasteiger partial charge in [0.05, 0.1) is 18.9 Å². The van der Waals surface area contributed by atoms with Crippen LogP contribution in [0.1, 0.15) is 34.1 Å². The topological polar surface area (TPSA) is 52.6 Å². The number of carbonyl (C=O) groups excluding carboxylic acids is 2. The number of rotatable bonds is 8. The fourth-order valence-corrected chi connectivity index (χ4v) is 2.72. The van der Waals surface area contributed by atoms with E-state index in [4.69, 9.17) is 9.47 Å². The van der Waals surface area contributed by atoms with Crippen molar-refractivity contribution in [2.75, 3.05) is 12.4 Å². The first kappa shape index (κ1) is 16.6. The molecule has 0 saturated heterocycles. The number of hydrogen-bond donors (Lipinski definition) is 0. The molecule has 0 heterocycles. The molecule has 6 heteroatoms. The smallest absolute Gasteiger partial charge is 0.309 e. The van der Waals surface area contributed by atoms with Gasteiger partial charge in [-0.15, -0.1) is 0 Å². The highest BCUT2D eigenvalue weighted by Gasteiger charge is 2.13. The summed E-state index contributed by atoms with van der Waals surface area (Å²) in [5.74, 6) is 0.165. The van der Waals surface area contributed by atoms with Crippen molar-refractivity contribution in [1.82, 2.24) is 0 Å².